The highest BCUT2D eigenvalue weighted by Crippen LogP contribution is 2.57. The van der Waals surface area contributed by atoms with Gasteiger partial charge in [0.25, 0.3) is 5.60 Å². The Labute approximate surface area is 160 Å². The van der Waals surface area contributed by atoms with E-state index in [1.807, 2.05) is 0 Å². The van der Waals surface area contributed by atoms with Gasteiger partial charge in [-0.05, 0) is 57.8 Å². The van der Waals surface area contributed by atoms with Gasteiger partial charge in [0.2, 0.25) is 0 Å². The first kappa shape index (κ1) is 23.3. The summed E-state index contributed by atoms with van der Waals surface area (Å²) in [6.45, 7) is 5.17. The Balaban J connectivity index is 2.33. The fourth-order valence-electron chi connectivity index (χ4n) is 4.61. The van der Waals surface area contributed by atoms with Gasteiger partial charge in [0, 0.05) is 5.92 Å². The first-order chi connectivity index (χ1) is 12.7. The van der Waals surface area contributed by atoms with Crippen LogP contribution in [0.4, 0.5) is 26.3 Å². The van der Waals surface area contributed by atoms with E-state index in [9.17, 15) is 36.2 Å². The zero-order valence-corrected chi connectivity index (χ0v) is 16.3. The highest BCUT2D eigenvalue weighted by atomic mass is 19.4. The molecule has 2 saturated carbocycles. The number of fused-ring (bicyclic) bond motifs is 1. The van der Waals surface area contributed by atoms with Gasteiger partial charge < -0.3 is 9.84 Å². The van der Waals surface area contributed by atoms with Crippen LogP contribution in [0.2, 0.25) is 0 Å². The molecule has 0 heterocycles. The van der Waals surface area contributed by atoms with Crippen molar-refractivity contribution in [3.8, 4) is 0 Å². The van der Waals surface area contributed by atoms with E-state index in [1.165, 1.54) is 0 Å². The monoisotopic (exact) mass is 418 g/mol. The number of hydrogen-bond donors (Lipinski definition) is 1. The average Bonchev–Trinajstić information content (AvgIpc) is 2.59. The molecule has 0 bridgehead atoms. The zero-order valence-electron chi connectivity index (χ0n) is 16.3. The molecule has 0 radical (unpaired) electrons. The second kappa shape index (κ2) is 7.69. The third-order valence-electron chi connectivity index (χ3n) is 6.73. The third kappa shape index (κ3) is 4.00. The van der Waals surface area contributed by atoms with Crippen molar-refractivity contribution in [3.63, 3.8) is 0 Å². The molecule has 2 fully saturated rings. The largest absolute Gasteiger partial charge is 0.462 e. The van der Waals surface area contributed by atoms with Gasteiger partial charge >= 0.3 is 18.3 Å². The number of ether oxygens (including phenoxy) is 1. The van der Waals surface area contributed by atoms with Crippen molar-refractivity contribution in [2.24, 2.45) is 23.2 Å². The van der Waals surface area contributed by atoms with Crippen molar-refractivity contribution >= 4 is 5.97 Å². The molecule has 0 aromatic rings. The molecule has 0 spiro atoms. The van der Waals surface area contributed by atoms with Gasteiger partial charge in [0.05, 0.1) is 5.41 Å². The molecule has 28 heavy (non-hydrogen) atoms. The minimum absolute atomic E-state index is 0.119. The molecule has 1 N–H and O–H groups in total. The predicted octanol–water partition coefficient (Wildman–Crippen LogP) is 5.41. The summed E-state index contributed by atoms with van der Waals surface area (Å²) < 4.78 is 86.0. The SMILES string of the molecule is CCC(C)(C)C(=O)OC1CCC(C(O)(C(F)(F)F)C(F)(F)F)C2CCCCC12. The molecule has 0 aliphatic heterocycles. The molecule has 0 saturated heterocycles. The van der Waals surface area contributed by atoms with Crippen LogP contribution in [-0.2, 0) is 9.53 Å². The van der Waals surface area contributed by atoms with Crippen LogP contribution in [0.25, 0.3) is 0 Å². The van der Waals surface area contributed by atoms with E-state index in [0.29, 0.717) is 25.7 Å². The number of esters is 1. The lowest BCUT2D eigenvalue weighted by Crippen LogP contribution is -2.65. The van der Waals surface area contributed by atoms with Crippen molar-refractivity contribution in [1.82, 2.24) is 0 Å². The molecule has 2 aliphatic rings. The molecule has 3 nitrogen and oxygen atoms in total. The molecular weight excluding hydrogens is 390 g/mol. The molecule has 9 heteroatoms. The molecule has 4 atom stereocenters. The minimum atomic E-state index is -5.83. The van der Waals surface area contributed by atoms with Crippen molar-refractivity contribution in [2.45, 2.75) is 89.8 Å². The van der Waals surface area contributed by atoms with E-state index in [2.05, 4.69) is 0 Å². The van der Waals surface area contributed by atoms with Gasteiger partial charge in [-0.2, -0.15) is 26.3 Å². The number of halogens is 6. The summed E-state index contributed by atoms with van der Waals surface area (Å²) >= 11 is 0. The van der Waals surface area contributed by atoms with Crippen molar-refractivity contribution in [2.75, 3.05) is 0 Å². The van der Waals surface area contributed by atoms with E-state index in [0.717, 1.165) is 0 Å². The van der Waals surface area contributed by atoms with Crippen LogP contribution in [0.15, 0.2) is 0 Å². The number of aliphatic hydroxyl groups is 1. The lowest BCUT2D eigenvalue weighted by Gasteiger charge is -2.51. The van der Waals surface area contributed by atoms with E-state index >= 15 is 0 Å². The molecule has 0 amide bonds. The van der Waals surface area contributed by atoms with E-state index < -0.39 is 59.6 Å². The fraction of sp³-hybridized carbons (Fsp3) is 0.947. The smallest absolute Gasteiger partial charge is 0.426 e. The van der Waals surface area contributed by atoms with Crippen molar-refractivity contribution in [1.29, 1.82) is 0 Å². The van der Waals surface area contributed by atoms with Crippen LogP contribution >= 0.6 is 0 Å². The van der Waals surface area contributed by atoms with Gasteiger partial charge in [0.15, 0.2) is 0 Å². The number of carbonyl (C=O) groups excluding carboxylic acids is 1. The topological polar surface area (TPSA) is 46.5 Å². The lowest BCUT2D eigenvalue weighted by atomic mass is 9.59. The maximum atomic E-state index is 13.4. The van der Waals surface area contributed by atoms with Crippen molar-refractivity contribution < 1.29 is 41.0 Å². The van der Waals surface area contributed by atoms with Gasteiger partial charge in [-0.15, -0.1) is 0 Å². The average molecular weight is 418 g/mol. The molecule has 0 aromatic heterocycles. The van der Waals surface area contributed by atoms with Crippen LogP contribution in [0.1, 0.15) is 65.7 Å². The Morgan fingerprint density at radius 2 is 1.43 bits per heavy atom. The molecule has 4 unspecified atom stereocenters. The highest BCUT2D eigenvalue weighted by Gasteiger charge is 2.75. The second-order valence-corrected chi connectivity index (χ2v) is 8.74. The number of carbonyl (C=O) groups is 1. The zero-order chi connectivity index (χ0) is 21.5. The van der Waals surface area contributed by atoms with E-state index in [1.54, 1.807) is 20.8 Å². The summed E-state index contributed by atoms with van der Waals surface area (Å²) in [4.78, 5) is 12.4. The summed E-state index contributed by atoms with van der Waals surface area (Å²) in [5.41, 5.74) is -5.53. The maximum absolute atomic E-state index is 13.4. The summed E-state index contributed by atoms with van der Waals surface area (Å²) in [7, 11) is 0. The van der Waals surface area contributed by atoms with Crippen LogP contribution in [0.3, 0.4) is 0 Å². The van der Waals surface area contributed by atoms with Crippen LogP contribution < -0.4 is 0 Å². The normalized spacial score (nSPS) is 29.9. The Bertz CT molecular complexity index is 555. The van der Waals surface area contributed by atoms with E-state index in [-0.39, 0.29) is 12.8 Å². The number of hydrogen-bond acceptors (Lipinski definition) is 3. The first-order valence-electron chi connectivity index (χ1n) is 9.73. The molecule has 164 valence electrons. The molecule has 2 rings (SSSR count). The molecular formula is C19H28F6O3. The summed E-state index contributed by atoms with van der Waals surface area (Å²) in [5.74, 6) is -4.10. The predicted molar refractivity (Wildman–Crippen MR) is 89.2 cm³/mol. The Morgan fingerprint density at radius 3 is 1.89 bits per heavy atom. The molecule has 2 aliphatic carbocycles. The quantitative estimate of drug-likeness (QED) is 0.491. The van der Waals surface area contributed by atoms with E-state index in [4.69, 9.17) is 4.74 Å². The van der Waals surface area contributed by atoms with Crippen LogP contribution in [0.5, 0.6) is 0 Å². The standard InChI is InChI=1S/C19H28F6O3/c1-4-16(2,3)15(26)28-14-10-9-13(11-7-5-6-8-12(11)14)17(27,18(20,21)22)19(23,24)25/h11-14,27H,4-10H2,1-3H3. The minimum Gasteiger partial charge on any atom is -0.462 e. The summed E-state index contributed by atoms with van der Waals surface area (Å²) in [6, 6.07) is 0. The second-order valence-electron chi connectivity index (χ2n) is 8.74. The van der Waals surface area contributed by atoms with Gasteiger partial charge in [-0.3, -0.25) is 4.79 Å². The summed E-state index contributed by atoms with van der Waals surface area (Å²) in [6.07, 6.45) is -10.8. The third-order valence-corrected chi connectivity index (χ3v) is 6.73. The Hall–Kier alpha value is -0.990. The maximum Gasteiger partial charge on any atom is 0.426 e. The highest BCUT2D eigenvalue weighted by molar-refractivity contribution is 5.76. The van der Waals surface area contributed by atoms with Crippen LogP contribution in [-0.4, -0.2) is 35.1 Å². The van der Waals surface area contributed by atoms with Crippen molar-refractivity contribution in [3.05, 3.63) is 0 Å². The molecule has 0 aromatic carbocycles. The van der Waals surface area contributed by atoms with Gasteiger partial charge in [-0.25, -0.2) is 0 Å². The number of rotatable bonds is 4. The fourth-order valence-corrected chi connectivity index (χ4v) is 4.61. The Kier molecular flexibility index (Phi) is 6.39. The van der Waals surface area contributed by atoms with Gasteiger partial charge in [-0.1, -0.05) is 19.8 Å². The first-order valence-corrected chi connectivity index (χ1v) is 9.73. The lowest BCUT2D eigenvalue weighted by molar-refractivity contribution is -0.394. The van der Waals surface area contributed by atoms with Crippen LogP contribution in [0, 0.1) is 23.2 Å². The summed E-state index contributed by atoms with van der Waals surface area (Å²) in [5, 5.41) is 9.93. The van der Waals surface area contributed by atoms with Gasteiger partial charge in [0.1, 0.15) is 6.10 Å². The number of alkyl halides is 6. The Morgan fingerprint density at radius 1 is 0.929 bits per heavy atom.